The van der Waals surface area contributed by atoms with Crippen molar-refractivity contribution < 1.29 is 4.79 Å². The van der Waals surface area contributed by atoms with E-state index in [1.807, 2.05) is 59.6 Å². The molecule has 4 nitrogen and oxygen atoms in total. The van der Waals surface area contributed by atoms with Gasteiger partial charge in [0.15, 0.2) is 0 Å². The van der Waals surface area contributed by atoms with Crippen LogP contribution in [0, 0.1) is 0 Å². The molecule has 1 aliphatic rings. The zero-order valence-corrected chi connectivity index (χ0v) is 17.9. The number of hydrogen-bond acceptors (Lipinski definition) is 2. The molecule has 4 rings (SSSR count). The lowest BCUT2D eigenvalue weighted by molar-refractivity contribution is 0.0642. The first kappa shape index (κ1) is 19.6. The van der Waals surface area contributed by atoms with E-state index in [4.69, 9.17) is 11.6 Å². The highest BCUT2D eigenvalue weighted by molar-refractivity contribution is 6.30. The van der Waals surface area contributed by atoms with Gasteiger partial charge in [-0.05, 0) is 69.7 Å². The molecule has 1 atom stereocenters. The van der Waals surface area contributed by atoms with Crippen molar-refractivity contribution >= 4 is 23.2 Å². The van der Waals surface area contributed by atoms with Crippen molar-refractivity contribution in [2.75, 3.05) is 5.32 Å². The molecule has 1 N–H and O–H groups in total. The fourth-order valence-electron chi connectivity index (χ4n) is 4.29. The van der Waals surface area contributed by atoms with Gasteiger partial charge in [0.2, 0.25) is 0 Å². The fraction of sp³-hybridized carbons (Fsp3) is 0.292. The van der Waals surface area contributed by atoms with Crippen LogP contribution in [0.1, 0.15) is 55.4 Å². The topological polar surface area (TPSA) is 37.3 Å². The molecular formula is C24H26ClN3O. The number of hydrogen-bond donors (Lipinski definition) is 1. The molecule has 0 bridgehead atoms. The van der Waals surface area contributed by atoms with Crippen molar-refractivity contribution in [2.45, 2.75) is 45.8 Å². The number of fused-ring (bicyclic) bond motifs is 3. The van der Waals surface area contributed by atoms with Gasteiger partial charge in [-0.2, -0.15) is 0 Å². The number of halogens is 1. The quantitative estimate of drug-likeness (QED) is 0.584. The van der Waals surface area contributed by atoms with E-state index in [1.165, 1.54) is 0 Å². The van der Waals surface area contributed by atoms with Gasteiger partial charge in [-0.25, -0.2) is 0 Å². The van der Waals surface area contributed by atoms with Gasteiger partial charge in [0.25, 0.3) is 5.91 Å². The largest absolute Gasteiger partial charge is 0.371 e. The van der Waals surface area contributed by atoms with Crippen LogP contribution >= 0.6 is 11.6 Å². The van der Waals surface area contributed by atoms with Crippen LogP contribution in [0.15, 0.2) is 60.8 Å². The summed E-state index contributed by atoms with van der Waals surface area (Å²) in [6.07, 6.45) is 2.04. The van der Waals surface area contributed by atoms with Crippen LogP contribution in [0.25, 0.3) is 5.69 Å². The first-order chi connectivity index (χ1) is 13.9. The number of amides is 1. The normalized spacial score (nSPS) is 15.1. The number of carbonyl (C=O) groups excluding carboxylic acids is 1. The minimum absolute atomic E-state index is 0.0624. The van der Waals surface area contributed by atoms with Crippen molar-refractivity contribution in [3.8, 4) is 5.69 Å². The summed E-state index contributed by atoms with van der Waals surface area (Å²) in [4.78, 5) is 15.4. The molecule has 0 saturated carbocycles. The average molecular weight is 408 g/mol. The summed E-state index contributed by atoms with van der Waals surface area (Å²) >= 11 is 6.23. The number of rotatable bonds is 4. The summed E-state index contributed by atoms with van der Waals surface area (Å²) in [5, 5.41) is 4.32. The predicted octanol–water partition coefficient (Wildman–Crippen LogP) is 5.90. The van der Waals surface area contributed by atoms with Gasteiger partial charge in [-0.15, -0.1) is 0 Å². The molecule has 1 amide bonds. The Bertz CT molecular complexity index is 1050. The van der Waals surface area contributed by atoms with Crippen molar-refractivity contribution in [3.63, 3.8) is 0 Å². The Morgan fingerprint density at radius 3 is 2.48 bits per heavy atom. The Morgan fingerprint density at radius 2 is 1.76 bits per heavy atom. The number of aromatic nitrogens is 1. The number of nitrogens with one attached hydrogen (secondary N) is 1. The van der Waals surface area contributed by atoms with Crippen LogP contribution in [-0.2, 0) is 0 Å². The zero-order chi connectivity index (χ0) is 20.7. The van der Waals surface area contributed by atoms with Crippen molar-refractivity contribution in [2.24, 2.45) is 0 Å². The number of carbonyl (C=O) groups is 1. The summed E-state index contributed by atoms with van der Waals surface area (Å²) in [5.74, 6) is 0.0624. The maximum Gasteiger partial charge on any atom is 0.254 e. The van der Waals surface area contributed by atoms with E-state index in [0.717, 1.165) is 28.2 Å². The van der Waals surface area contributed by atoms with E-state index < -0.39 is 0 Å². The van der Waals surface area contributed by atoms with E-state index in [2.05, 4.69) is 43.6 Å². The second-order valence-electron chi connectivity index (χ2n) is 8.03. The third-order valence-corrected chi connectivity index (χ3v) is 5.68. The van der Waals surface area contributed by atoms with E-state index in [9.17, 15) is 4.79 Å². The molecule has 5 heteroatoms. The highest BCUT2D eigenvalue weighted by Gasteiger charge is 2.30. The Balaban J connectivity index is 1.82. The number of benzene rings is 2. The Labute approximate surface area is 177 Å². The van der Waals surface area contributed by atoms with Gasteiger partial charge in [0.05, 0.1) is 17.4 Å². The molecule has 0 radical (unpaired) electrons. The molecule has 2 heterocycles. The molecule has 3 aromatic rings. The average Bonchev–Trinajstić information content (AvgIpc) is 3.17. The van der Waals surface area contributed by atoms with E-state index >= 15 is 0 Å². The van der Waals surface area contributed by atoms with Gasteiger partial charge in [-0.3, -0.25) is 4.79 Å². The van der Waals surface area contributed by atoms with Gasteiger partial charge in [0.1, 0.15) is 0 Å². The van der Waals surface area contributed by atoms with Crippen molar-refractivity contribution in [1.82, 2.24) is 9.47 Å². The van der Waals surface area contributed by atoms with Gasteiger partial charge >= 0.3 is 0 Å². The van der Waals surface area contributed by atoms with Crippen LogP contribution in [0.4, 0.5) is 5.69 Å². The van der Waals surface area contributed by atoms with E-state index in [0.29, 0.717) is 5.02 Å². The molecule has 0 spiro atoms. The lowest BCUT2D eigenvalue weighted by atomic mass is 9.94. The van der Waals surface area contributed by atoms with Crippen LogP contribution in [0.2, 0.25) is 5.02 Å². The molecule has 1 unspecified atom stereocenters. The minimum atomic E-state index is -0.125. The third kappa shape index (κ3) is 3.42. The molecule has 150 valence electrons. The lowest BCUT2D eigenvalue weighted by Crippen LogP contribution is -2.42. The highest BCUT2D eigenvalue weighted by Crippen LogP contribution is 2.39. The Kier molecular flexibility index (Phi) is 5.13. The Morgan fingerprint density at radius 1 is 1.03 bits per heavy atom. The molecular weight excluding hydrogens is 382 g/mol. The van der Waals surface area contributed by atoms with Gasteiger partial charge in [0, 0.05) is 34.6 Å². The molecule has 1 aromatic heterocycles. The molecule has 1 aliphatic heterocycles. The van der Waals surface area contributed by atoms with E-state index in [-0.39, 0.29) is 24.0 Å². The van der Waals surface area contributed by atoms with Gasteiger partial charge < -0.3 is 14.8 Å². The summed E-state index contributed by atoms with van der Waals surface area (Å²) in [7, 11) is 0. The minimum Gasteiger partial charge on any atom is -0.371 e. The van der Waals surface area contributed by atoms with Crippen LogP contribution in [-0.4, -0.2) is 27.5 Å². The molecule has 0 aliphatic carbocycles. The second kappa shape index (κ2) is 7.60. The zero-order valence-electron chi connectivity index (χ0n) is 17.2. The smallest absolute Gasteiger partial charge is 0.254 e. The fourth-order valence-corrected chi connectivity index (χ4v) is 4.46. The molecule has 29 heavy (non-hydrogen) atoms. The standard InChI is InChI=1S/C24H26ClN3O/c1-15(2)28(16(3)4)24(29)19-9-6-5-8-18(19)23-21-10-7-13-27(21)22-14-17(25)11-12-20(22)26-23/h5-16,23,26H,1-4H3. The van der Waals surface area contributed by atoms with Crippen molar-refractivity contribution in [3.05, 3.63) is 82.6 Å². The third-order valence-electron chi connectivity index (χ3n) is 5.44. The maximum absolute atomic E-state index is 13.5. The monoisotopic (exact) mass is 407 g/mol. The maximum atomic E-state index is 13.5. The van der Waals surface area contributed by atoms with Crippen molar-refractivity contribution in [1.29, 1.82) is 0 Å². The summed E-state index contributed by atoms with van der Waals surface area (Å²) in [6, 6.07) is 18.0. The summed E-state index contributed by atoms with van der Waals surface area (Å²) in [6.45, 7) is 8.24. The Hall–Kier alpha value is -2.72. The first-order valence-electron chi connectivity index (χ1n) is 10.0. The molecule has 0 fully saturated rings. The first-order valence-corrected chi connectivity index (χ1v) is 10.4. The number of nitrogens with zero attached hydrogens (tertiary/aromatic N) is 2. The van der Waals surface area contributed by atoms with Crippen LogP contribution < -0.4 is 5.32 Å². The van der Waals surface area contributed by atoms with Gasteiger partial charge in [-0.1, -0.05) is 29.8 Å². The SMILES string of the molecule is CC(C)N(C(=O)c1ccccc1C1Nc2ccc(Cl)cc2-n2cccc21)C(C)C. The predicted molar refractivity (Wildman–Crippen MR) is 119 cm³/mol. The lowest BCUT2D eigenvalue weighted by Gasteiger charge is -2.34. The van der Waals surface area contributed by atoms with Crippen LogP contribution in [0.5, 0.6) is 0 Å². The summed E-state index contributed by atoms with van der Waals surface area (Å²) in [5.41, 5.74) is 4.81. The summed E-state index contributed by atoms with van der Waals surface area (Å²) < 4.78 is 2.15. The van der Waals surface area contributed by atoms with E-state index in [1.54, 1.807) is 0 Å². The highest BCUT2D eigenvalue weighted by atomic mass is 35.5. The number of anilines is 1. The molecule has 0 saturated heterocycles. The second-order valence-corrected chi connectivity index (χ2v) is 8.47. The molecule has 2 aromatic carbocycles. The van der Waals surface area contributed by atoms with Crippen LogP contribution in [0.3, 0.4) is 0 Å².